The number of amides is 1. The number of nitrogens with zero attached hydrogens (tertiary/aromatic N) is 1. The number of hydrogen-bond donors (Lipinski definition) is 2. The lowest BCUT2D eigenvalue weighted by atomic mass is 10.2. The predicted octanol–water partition coefficient (Wildman–Crippen LogP) is 3.43. The van der Waals surface area contributed by atoms with Crippen molar-refractivity contribution in [2.45, 2.75) is 6.92 Å². The number of aromatic nitrogens is 2. The number of esters is 1. The molecule has 6 nitrogen and oxygen atoms in total. The van der Waals surface area contributed by atoms with E-state index < -0.39 is 11.9 Å². The molecule has 3 rings (SSSR count). The van der Waals surface area contributed by atoms with Crippen molar-refractivity contribution in [2.75, 3.05) is 11.9 Å². The lowest BCUT2D eigenvalue weighted by Gasteiger charge is -2.08. The maximum Gasteiger partial charge on any atom is 0.338 e. The van der Waals surface area contributed by atoms with Gasteiger partial charge in [0.15, 0.2) is 6.61 Å². The van der Waals surface area contributed by atoms with Gasteiger partial charge in [-0.2, -0.15) is 5.10 Å². The molecule has 122 valence electrons. The van der Waals surface area contributed by atoms with Gasteiger partial charge in [0.25, 0.3) is 5.91 Å². The summed E-state index contributed by atoms with van der Waals surface area (Å²) in [5, 5.41) is 10.3. The van der Waals surface area contributed by atoms with Crippen LogP contribution in [0.4, 0.5) is 5.69 Å². The van der Waals surface area contributed by atoms with Crippen molar-refractivity contribution in [3.8, 4) is 0 Å². The van der Waals surface area contributed by atoms with E-state index in [1.165, 1.54) is 0 Å². The molecule has 24 heavy (non-hydrogen) atoms. The van der Waals surface area contributed by atoms with Gasteiger partial charge in [-0.1, -0.05) is 22.0 Å². The first-order chi connectivity index (χ1) is 11.5. The third-order valence-electron chi connectivity index (χ3n) is 3.45. The van der Waals surface area contributed by atoms with E-state index in [2.05, 4.69) is 31.4 Å². The van der Waals surface area contributed by atoms with Crippen molar-refractivity contribution in [2.24, 2.45) is 0 Å². The van der Waals surface area contributed by atoms with Crippen LogP contribution < -0.4 is 5.32 Å². The average Bonchev–Trinajstić information content (AvgIpc) is 3.03. The molecule has 0 fully saturated rings. The van der Waals surface area contributed by atoms with Gasteiger partial charge in [-0.25, -0.2) is 4.79 Å². The van der Waals surface area contributed by atoms with Crippen LogP contribution >= 0.6 is 15.9 Å². The number of rotatable bonds is 4. The minimum atomic E-state index is -0.561. The Hall–Kier alpha value is -2.67. The van der Waals surface area contributed by atoms with Crippen LogP contribution in [0.1, 0.15) is 15.9 Å². The zero-order valence-corrected chi connectivity index (χ0v) is 14.4. The van der Waals surface area contributed by atoms with E-state index in [9.17, 15) is 9.59 Å². The summed E-state index contributed by atoms with van der Waals surface area (Å²) in [6.07, 6.45) is 1.66. The van der Waals surface area contributed by atoms with Crippen LogP contribution in [0.5, 0.6) is 0 Å². The molecule has 0 aliphatic rings. The molecule has 0 aliphatic carbocycles. The van der Waals surface area contributed by atoms with E-state index in [1.54, 1.807) is 30.5 Å². The molecular formula is C17H14BrN3O3. The first-order valence-corrected chi connectivity index (χ1v) is 7.98. The monoisotopic (exact) mass is 387 g/mol. The van der Waals surface area contributed by atoms with Crippen LogP contribution in [0.3, 0.4) is 0 Å². The van der Waals surface area contributed by atoms with Crippen LogP contribution in [0.15, 0.2) is 47.1 Å². The standard InChI is InChI=1S/C17H14BrN3O3/c1-10-6-13(4-5-14(10)18)20-16(22)9-24-17(23)11-2-3-12-8-19-21-15(12)7-11/h2-8H,9H2,1H3,(H,19,21)(H,20,22). The molecule has 1 aromatic heterocycles. The van der Waals surface area contributed by atoms with E-state index in [4.69, 9.17) is 4.74 Å². The number of benzene rings is 2. The Bertz CT molecular complexity index is 920. The number of carbonyl (C=O) groups is 2. The second-order valence-electron chi connectivity index (χ2n) is 5.26. The molecule has 3 aromatic rings. The molecule has 0 saturated carbocycles. The number of aryl methyl sites for hydroxylation is 1. The molecule has 7 heteroatoms. The number of ether oxygens (including phenoxy) is 1. The largest absolute Gasteiger partial charge is 0.452 e. The van der Waals surface area contributed by atoms with E-state index in [1.807, 2.05) is 19.1 Å². The summed E-state index contributed by atoms with van der Waals surface area (Å²) in [4.78, 5) is 23.9. The summed E-state index contributed by atoms with van der Waals surface area (Å²) >= 11 is 3.40. The number of halogens is 1. The molecule has 0 radical (unpaired) electrons. The van der Waals surface area contributed by atoms with Crippen LogP contribution in [-0.4, -0.2) is 28.7 Å². The number of fused-ring (bicyclic) bond motifs is 1. The highest BCUT2D eigenvalue weighted by Crippen LogP contribution is 2.20. The van der Waals surface area contributed by atoms with Gasteiger partial charge in [0.05, 0.1) is 17.3 Å². The molecule has 2 aromatic carbocycles. The Morgan fingerprint density at radius 2 is 2.08 bits per heavy atom. The molecule has 0 aliphatic heterocycles. The van der Waals surface area contributed by atoms with Crippen molar-refractivity contribution in [3.63, 3.8) is 0 Å². The molecule has 0 atom stereocenters. The summed E-state index contributed by atoms with van der Waals surface area (Å²) in [7, 11) is 0. The normalized spacial score (nSPS) is 10.6. The third-order valence-corrected chi connectivity index (χ3v) is 4.34. The zero-order chi connectivity index (χ0) is 17.1. The molecule has 0 spiro atoms. The van der Waals surface area contributed by atoms with Gasteiger partial charge < -0.3 is 10.1 Å². The van der Waals surface area contributed by atoms with E-state index in [-0.39, 0.29) is 6.61 Å². The van der Waals surface area contributed by atoms with Gasteiger partial charge in [0.2, 0.25) is 0 Å². The van der Waals surface area contributed by atoms with Gasteiger partial charge in [0.1, 0.15) is 0 Å². The fourth-order valence-electron chi connectivity index (χ4n) is 2.20. The first-order valence-electron chi connectivity index (χ1n) is 7.19. The topological polar surface area (TPSA) is 84.1 Å². The lowest BCUT2D eigenvalue weighted by molar-refractivity contribution is -0.119. The third kappa shape index (κ3) is 3.62. The summed E-state index contributed by atoms with van der Waals surface area (Å²) in [5.41, 5.74) is 2.74. The number of carbonyl (C=O) groups excluding carboxylic acids is 2. The van der Waals surface area contributed by atoms with Crippen LogP contribution in [0.2, 0.25) is 0 Å². The van der Waals surface area contributed by atoms with Crippen molar-refractivity contribution >= 4 is 44.4 Å². The van der Waals surface area contributed by atoms with Crippen molar-refractivity contribution in [1.29, 1.82) is 0 Å². The van der Waals surface area contributed by atoms with E-state index in [0.29, 0.717) is 11.3 Å². The Morgan fingerprint density at radius 1 is 1.25 bits per heavy atom. The summed E-state index contributed by atoms with van der Waals surface area (Å²) in [5.74, 6) is -0.957. The maximum atomic E-state index is 12.0. The average molecular weight is 388 g/mol. The van der Waals surface area contributed by atoms with Gasteiger partial charge in [-0.15, -0.1) is 0 Å². The van der Waals surface area contributed by atoms with Crippen LogP contribution in [-0.2, 0) is 9.53 Å². The number of H-pyrrole nitrogens is 1. The first kappa shape index (κ1) is 16.2. The quantitative estimate of drug-likeness (QED) is 0.671. The second kappa shape index (κ2) is 6.84. The van der Waals surface area contributed by atoms with E-state index >= 15 is 0 Å². The Labute approximate surface area is 146 Å². The Balaban J connectivity index is 1.58. The van der Waals surface area contributed by atoms with Gasteiger partial charge in [-0.05, 0) is 42.8 Å². The van der Waals surface area contributed by atoms with Crippen molar-refractivity contribution in [1.82, 2.24) is 10.2 Å². The Morgan fingerprint density at radius 3 is 2.88 bits per heavy atom. The number of aromatic amines is 1. The van der Waals surface area contributed by atoms with Crippen LogP contribution in [0, 0.1) is 6.92 Å². The van der Waals surface area contributed by atoms with Gasteiger partial charge in [-0.3, -0.25) is 9.89 Å². The fourth-order valence-corrected chi connectivity index (χ4v) is 2.44. The lowest BCUT2D eigenvalue weighted by Crippen LogP contribution is -2.21. The van der Waals surface area contributed by atoms with Crippen LogP contribution in [0.25, 0.3) is 10.9 Å². The summed E-state index contributed by atoms with van der Waals surface area (Å²) in [6, 6.07) is 10.5. The molecule has 1 amide bonds. The highest BCUT2D eigenvalue weighted by Gasteiger charge is 2.12. The SMILES string of the molecule is Cc1cc(NC(=O)COC(=O)c2ccc3cn[nH]c3c2)ccc1Br. The molecule has 2 N–H and O–H groups in total. The van der Waals surface area contributed by atoms with E-state index in [0.717, 1.165) is 20.9 Å². The summed E-state index contributed by atoms with van der Waals surface area (Å²) in [6.45, 7) is 1.57. The minimum Gasteiger partial charge on any atom is -0.452 e. The summed E-state index contributed by atoms with van der Waals surface area (Å²) < 4.78 is 6.01. The number of hydrogen-bond acceptors (Lipinski definition) is 4. The molecule has 1 heterocycles. The minimum absolute atomic E-state index is 0.352. The van der Waals surface area contributed by atoms with Crippen molar-refractivity contribution in [3.05, 3.63) is 58.2 Å². The van der Waals surface area contributed by atoms with Gasteiger partial charge in [0, 0.05) is 15.5 Å². The highest BCUT2D eigenvalue weighted by atomic mass is 79.9. The predicted molar refractivity (Wildman–Crippen MR) is 93.9 cm³/mol. The van der Waals surface area contributed by atoms with Gasteiger partial charge >= 0.3 is 5.97 Å². The van der Waals surface area contributed by atoms with Crippen molar-refractivity contribution < 1.29 is 14.3 Å². The molecule has 0 saturated heterocycles. The fraction of sp³-hybridized carbons (Fsp3) is 0.118. The maximum absolute atomic E-state index is 12.0. The Kier molecular flexibility index (Phi) is 4.61. The zero-order valence-electron chi connectivity index (χ0n) is 12.8. The number of nitrogens with one attached hydrogen (secondary N) is 2. The number of anilines is 1. The molecule has 0 bridgehead atoms. The molecular weight excluding hydrogens is 374 g/mol. The second-order valence-corrected chi connectivity index (χ2v) is 6.11. The smallest absolute Gasteiger partial charge is 0.338 e. The highest BCUT2D eigenvalue weighted by molar-refractivity contribution is 9.10. The molecule has 0 unspecified atom stereocenters.